The number of ketones is 1. The van der Waals surface area contributed by atoms with Crippen LogP contribution < -0.4 is 10.1 Å². The van der Waals surface area contributed by atoms with Crippen molar-refractivity contribution in [3.8, 4) is 11.5 Å². The number of phenolic OH excluding ortho intramolecular Hbond substituents is 1. The van der Waals surface area contributed by atoms with Crippen LogP contribution >= 0.6 is 0 Å². The number of fused-ring (bicyclic) bond motifs is 1. The number of phenols is 1. The molecule has 0 saturated carbocycles. The second kappa shape index (κ2) is 7.43. The summed E-state index contributed by atoms with van der Waals surface area (Å²) in [4.78, 5) is 29.7. The molecule has 2 aliphatic heterocycles. The number of allylic oxidation sites excluding steroid dienone is 2. The Kier molecular flexibility index (Phi) is 4.80. The van der Waals surface area contributed by atoms with E-state index in [-0.39, 0.29) is 23.3 Å². The smallest absolute Gasteiger partial charge is 0.327 e. The number of carbonyl (C=O) groups excluding carboxylic acids is 2. The average Bonchev–Trinajstić information content (AvgIpc) is 2.86. The summed E-state index contributed by atoms with van der Waals surface area (Å²) in [5.74, 6) is -1.39. The van der Waals surface area contributed by atoms with Gasteiger partial charge < -0.3 is 19.9 Å². The molecule has 29 heavy (non-hydrogen) atoms. The van der Waals surface area contributed by atoms with Crippen LogP contribution in [0.5, 0.6) is 11.5 Å². The molecule has 2 aliphatic rings. The topological polar surface area (TPSA) is 97.2 Å². The van der Waals surface area contributed by atoms with E-state index < -0.39 is 11.9 Å². The molecule has 2 unspecified atom stereocenters. The third kappa shape index (κ3) is 3.59. The highest BCUT2D eigenvalue weighted by Crippen LogP contribution is 2.38. The quantitative estimate of drug-likeness (QED) is 0.611. The Hall–Kier alpha value is -3.61. The Morgan fingerprint density at radius 1 is 1.21 bits per heavy atom. The summed E-state index contributed by atoms with van der Waals surface area (Å²) in [5, 5.41) is 13.6. The molecule has 0 aromatic heterocycles. The van der Waals surface area contributed by atoms with Gasteiger partial charge in [0.1, 0.15) is 5.76 Å². The number of hydrogen-bond acceptors (Lipinski definition) is 7. The summed E-state index contributed by atoms with van der Waals surface area (Å²) in [6.07, 6.45) is 1.62. The molecule has 2 N–H and O–H groups in total. The predicted octanol–water partition coefficient (Wildman–Crippen LogP) is 3.68. The first-order valence-corrected chi connectivity index (χ1v) is 9.20. The van der Waals surface area contributed by atoms with Gasteiger partial charge in [-0.15, -0.1) is 0 Å². The van der Waals surface area contributed by atoms with Gasteiger partial charge in [-0.05, 0) is 36.8 Å². The molecule has 0 bridgehead atoms. The van der Waals surface area contributed by atoms with Crippen LogP contribution in [0.3, 0.4) is 0 Å². The van der Waals surface area contributed by atoms with Crippen molar-refractivity contribution in [3.05, 3.63) is 59.9 Å². The van der Waals surface area contributed by atoms with Crippen molar-refractivity contribution >= 4 is 28.8 Å². The number of aliphatic imine (C=N–C) groups is 1. The van der Waals surface area contributed by atoms with Gasteiger partial charge in [-0.25, -0.2) is 0 Å². The fourth-order valence-electron chi connectivity index (χ4n) is 3.60. The normalized spacial score (nSPS) is 21.2. The van der Waals surface area contributed by atoms with Crippen LogP contribution in [0.2, 0.25) is 0 Å². The molecule has 0 aliphatic carbocycles. The fraction of sp³-hybridized carbons (Fsp3) is 0.227. The van der Waals surface area contributed by atoms with Crippen LogP contribution in [0.4, 0.5) is 11.4 Å². The molecule has 0 amide bonds. The maximum Gasteiger partial charge on any atom is 0.327 e. The fourth-order valence-corrected chi connectivity index (χ4v) is 3.60. The first-order valence-electron chi connectivity index (χ1n) is 9.20. The zero-order chi connectivity index (χ0) is 20.5. The van der Waals surface area contributed by atoms with E-state index in [1.807, 2.05) is 30.3 Å². The van der Waals surface area contributed by atoms with Crippen LogP contribution in [-0.4, -0.2) is 29.7 Å². The lowest BCUT2D eigenvalue weighted by Crippen LogP contribution is -2.36. The molecule has 0 radical (unpaired) electrons. The Bertz CT molecular complexity index is 1060. The number of nitrogens with one attached hydrogen (secondary N) is 1. The molecular formula is C22H20N2O5. The van der Waals surface area contributed by atoms with Gasteiger partial charge in [0, 0.05) is 18.2 Å². The van der Waals surface area contributed by atoms with E-state index in [1.165, 1.54) is 13.2 Å². The largest absolute Gasteiger partial charge is 0.504 e. The molecule has 2 atom stereocenters. The molecular weight excluding hydrogens is 372 g/mol. The second-order valence-electron chi connectivity index (χ2n) is 6.96. The Morgan fingerprint density at radius 2 is 2.00 bits per heavy atom. The number of methoxy groups -OCH3 is 1. The van der Waals surface area contributed by atoms with Crippen LogP contribution in [0.25, 0.3) is 0 Å². The van der Waals surface area contributed by atoms with Gasteiger partial charge in [-0.2, -0.15) is 0 Å². The summed E-state index contributed by atoms with van der Waals surface area (Å²) in [6.45, 7) is 1.57. The lowest BCUT2D eigenvalue weighted by atomic mass is 9.89. The van der Waals surface area contributed by atoms with E-state index in [4.69, 9.17) is 9.47 Å². The van der Waals surface area contributed by atoms with Crippen LogP contribution in [0.1, 0.15) is 24.9 Å². The predicted molar refractivity (Wildman–Crippen MR) is 108 cm³/mol. The number of ether oxygens (including phenoxy) is 2. The number of nitrogens with zero attached hydrogens (tertiary/aromatic N) is 1. The van der Waals surface area contributed by atoms with E-state index in [2.05, 4.69) is 10.3 Å². The third-order valence-corrected chi connectivity index (χ3v) is 4.98. The molecule has 148 valence electrons. The van der Waals surface area contributed by atoms with Crippen molar-refractivity contribution in [1.29, 1.82) is 0 Å². The van der Waals surface area contributed by atoms with Crippen molar-refractivity contribution in [2.24, 2.45) is 10.9 Å². The zero-order valence-corrected chi connectivity index (χ0v) is 16.0. The number of hydrogen-bond donors (Lipinski definition) is 2. The van der Waals surface area contributed by atoms with E-state index in [0.29, 0.717) is 23.6 Å². The molecule has 2 aromatic rings. The number of anilines is 1. The van der Waals surface area contributed by atoms with E-state index in [9.17, 15) is 14.7 Å². The number of carbonyl (C=O) groups is 2. The molecule has 2 heterocycles. The lowest BCUT2D eigenvalue weighted by molar-refractivity contribution is -0.146. The summed E-state index contributed by atoms with van der Waals surface area (Å²) in [7, 11) is 1.48. The highest BCUT2D eigenvalue weighted by atomic mass is 16.5. The number of para-hydroxylation sites is 2. The number of cyclic esters (lactones) is 1. The Morgan fingerprint density at radius 3 is 2.72 bits per heavy atom. The monoisotopic (exact) mass is 392 g/mol. The van der Waals surface area contributed by atoms with Crippen molar-refractivity contribution in [3.63, 3.8) is 0 Å². The van der Waals surface area contributed by atoms with Gasteiger partial charge in [-0.3, -0.25) is 14.6 Å². The number of esters is 1. The van der Waals surface area contributed by atoms with Crippen molar-refractivity contribution < 1.29 is 24.2 Å². The van der Waals surface area contributed by atoms with Crippen molar-refractivity contribution in [2.45, 2.75) is 19.4 Å². The maximum atomic E-state index is 12.6. The molecule has 4 rings (SSSR count). The minimum atomic E-state index is -1.08. The minimum Gasteiger partial charge on any atom is -0.504 e. The highest BCUT2D eigenvalue weighted by molar-refractivity contribution is 6.24. The summed E-state index contributed by atoms with van der Waals surface area (Å²) in [5.41, 5.74) is 2.60. The maximum absolute atomic E-state index is 12.6. The Balaban J connectivity index is 1.77. The molecule has 2 aromatic carbocycles. The average molecular weight is 392 g/mol. The lowest BCUT2D eigenvalue weighted by Gasteiger charge is -2.23. The summed E-state index contributed by atoms with van der Waals surface area (Å²) < 4.78 is 10.3. The second-order valence-corrected chi connectivity index (χ2v) is 6.96. The number of aromatic hydroxyl groups is 1. The van der Waals surface area contributed by atoms with E-state index in [0.717, 1.165) is 11.3 Å². The third-order valence-electron chi connectivity index (χ3n) is 4.98. The van der Waals surface area contributed by atoms with Gasteiger partial charge in [0.05, 0.1) is 24.5 Å². The molecule has 7 nitrogen and oxygen atoms in total. The first-order chi connectivity index (χ1) is 14.0. The van der Waals surface area contributed by atoms with Gasteiger partial charge in [0.25, 0.3) is 0 Å². The molecule has 7 heteroatoms. The number of benzene rings is 2. The SMILES string of the molecule is COc1ccc(C2CC(C3C(=O)C=C(C)OC3=O)=Nc3ccccc3N2)cc1O. The van der Waals surface area contributed by atoms with Gasteiger partial charge >= 0.3 is 5.97 Å². The van der Waals surface area contributed by atoms with Crippen molar-refractivity contribution in [2.75, 3.05) is 12.4 Å². The molecule has 0 spiro atoms. The number of rotatable bonds is 3. The van der Waals surface area contributed by atoms with Crippen LogP contribution in [0, 0.1) is 5.92 Å². The van der Waals surface area contributed by atoms with Gasteiger partial charge in [0.15, 0.2) is 23.2 Å². The highest BCUT2D eigenvalue weighted by Gasteiger charge is 2.38. The van der Waals surface area contributed by atoms with E-state index >= 15 is 0 Å². The summed E-state index contributed by atoms with van der Waals surface area (Å²) >= 11 is 0. The minimum absolute atomic E-state index is 0.00883. The molecule has 0 fully saturated rings. The Labute approximate surface area is 167 Å². The van der Waals surface area contributed by atoms with Gasteiger partial charge in [-0.1, -0.05) is 18.2 Å². The summed E-state index contributed by atoms with van der Waals surface area (Å²) in [6, 6.07) is 12.2. The van der Waals surface area contributed by atoms with Gasteiger partial charge in [0.2, 0.25) is 0 Å². The van der Waals surface area contributed by atoms with Crippen LogP contribution in [0.15, 0.2) is 59.3 Å². The van der Waals surface area contributed by atoms with E-state index in [1.54, 1.807) is 19.1 Å². The van der Waals surface area contributed by atoms with Crippen molar-refractivity contribution in [1.82, 2.24) is 0 Å². The standard InChI is InChI=1S/C22H20N2O5/c1-12-9-19(26)21(22(27)29-12)17-11-16(13-7-8-20(28-2)18(25)10-13)23-14-5-3-4-6-15(14)24-17/h3-10,16,21,23,25H,11H2,1-2H3. The first kappa shape index (κ1) is 18.7. The molecule has 0 saturated heterocycles. The van der Waals surface area contributed by atoms with Crippen LogP contribution in [-0.2, 0) is 14.3 Å². The zero-order valence-electron chi connectivity index (χ0n) is 16.0.